The first-order valence-corrected chi connectivity index (χ1v) is 4.05. The molecule has 1 heterocycles. The molecule has 0 saturated heterocycles. The zero-order valence-corrected chi connectivity index (χ0v) is 8.05. The number of aromatic nitrogens is 1. The highest BCUT2D eigenvalue weighted by Crippen LogP contribution is 2.32. The van der Waals surface area contributed by atoms with Gasteiger partial charge in [-0.1, -0.05) is 0 Å². The summed E-state index contributed by atoms with van der Waals surface area (Å²) in [6.45, 7) is 0. The highest BCUT2D eigenvalue weighted by molar-refractivity contribution is 5.99. The quantitative estimate of drug-likeness (QED) is 0.622. The summed E-state index contributed by atoms with van der Waals surface area (Å²) in [5.41, 5.74) is 1.02. The van der Waals surface area contributed by atoms with Crippen molar-refractivity contribution in [3.05, 3.63) is 33.1 Å². The van der Waals surface area contributed by atoms with Crippen LogP contribution in [0, 0.1) is 21.4 Å². The Balaban J connectivity index is 3.73. The Labute approximate surface area is 92.6 Å². The van der Waals surface area contributed by atoms with E-state index in [0.717, 1.165) is 0 Å². The molecule has 0 unspecified atom stereocenters. The number of amides is 1. The molecule has 1 aromatic heterocycles. The van der Waals surface area contributed by atoms with E-state index < -0.39 is 39.8 Å². The first-order chi connectivity index (χ1) is 7.90. The predicted octanol–water partition coefficient (Wildman–Crippen LogP) is 0.898. The highest BCUT2D eigenvalue weighted by atomic mass is 19.3. The zero-order chi connectivity index (χ0) is 13.2. The standard InChI is InChI=1S/C8H4F2N4O3/c9-7(10)3-2-13-4(1-11)5(8(12)15)6(3)14(16)17/h2,7H,(H2,12,15). The van der Waals surface area contributed by atoms with Crippen LogP contribution in [-0.2, 0) is 0 Å². The number of hydrogen-bond donors (Lipinski definition) is 1. The smallest absolute Gasteiger partial charge is 0.295 e. The molecule has 1 amide bonds. The van der Waals surface area contributed by atoms with Gasteiger partial charge in [0.05, 0.1) is 4.92 Å². The number of carbonyl (C=O) groups excluding carboxylic acids is 1. The van der Waals surface area contributed by atoms with Gasteiger partial charge in [0.15, 0.2) is 11.3 Å². The van der Waals surface area contributed by atoms with Crippen molar-refractivity contribution in [2.75, 3.05) is 0 Å². The van der Waals surface area contributed by atoms with Gasteiger partial charge in [-0.2, -0.15) is 5.26 Å². The second-order valence-electron chi connectivity index (χ2n) is 2.82. The van der Waals surface area contributed by atoms with Crippen molar-refractivity contribution >= 4 is 11.6 Å². The number of nitriles is 1. The fourth-order valence-corrected chi connectivity index (χ4v) is 1.19. The van der Waals surface area contributed by atoms with Crippen LogP contribution in [0.4, 0.5) is 14.5 Å². The molecular weight excluding hydrogens is 238 g/mol. The molecule has 1 rings (SSSR count). The van der Waals surface area contributed by atoms with Crippen molar-refractivity contribution in [1.29, 1.82) is 5.26 Å². The van der Waals surface area contributed by atoms with Gasteiger partial charge in [-0.15, -0.1) is 0 Å². The van der Waals surface area contributed by atoms with Crippen LogP contribution in [0.1, 0.15) is 28.0 Å². The molecule has 17 heavy (non-hydrogen) atoms. The minimum absolute atomic E-state index is 0.480. The van der Waals surface area contributed by atoms with Gasteiger partial charge < -0.3 is 5.73 Å². The average molecular weight is 242 g/mol. The largest absolute Gasteiger partial charge is 0.365 e. The summed E-state index contributed by atoms with van der Waals surface area (Å²) in [5, 5.41) is 19.2. The van der Waals surface area contributed by atoms with E-state index in [1.807, 2.05) is 0 Å². The van der Waals surface area contributed by atoms with Crippen LogP contribution in [-0.4, -0.2) is 15.8 Å². The molecule has 0 saturated carbocycles. The summed E-state index contributed by atoms with van der Waals surface area (Å²) in [5.74, 6) is -1.36. The lowest BCUT2D eigenvalue weighted by Crippen LogP contribution is -2.17. The number of alkyl halides is 2. The molecule has 88 valence electrons. The van der Waals surface area contributed by atoms with Crippen molar-refractivity contribution in [2.45, 2.75) is 6.43 Å². The van der Waals surface area contributed by atoms with E-state index in [1.54, 1.807) is 0 Å². The Morgan fingerprint density at radius 1 is 1.65 bits per heavy atom. The number of nitrogens with zero attached hydrogens (tertiary/aromatic N) is 3. The van der Waals surface area contributed by atoms with E-state index >= 15 is 0 Å². The molecular formula is C8H4F2N4O3. The Morgan fingerprint density at radius 2 is 2.24 bits per heavy atom. The maximum Gasteiger partial charge on any atom is 0.295 e. The third kappa shape index (κ3) is 2.15. The van der Waals surface area contributed by atoms with Gasteiger partial charge in [0.2, 0.25) is 0 Å². The van der Waals surface area contributed by atoms with E-state index in [4.69, 9.17) is 11.0 Å². The molecule has 7 nitrogen and oxygen atoms in total. The van der Waals surface area contributed by atoms with E-state index in [9.17, 15) is 23.7 Å². The zero-order valence-electron chi connectivity index (χ0n) is 8.05. The molecule has 1 aromatic rings. The minimum Gasteiger partial charge on any atom is -0.365 e. The summed E-state index contributed by atoms with van der Waals surface area (Å²) in [6.07, 6.45) is -2.72. The highest BCUT2D eigenvalue weighted by Gasteiger charge is 2.31. The Morgan fingerprint density at radius 3 is 2.59 bits per heavy atom. The predicted molar refractivity (Wildman–Crippen MR) is 49.1 cm³/mol. The molecule has 0 aromatic carbocycles. The first kappa shape index (κ1) is 12.4. The van der Waals surface area contributed by atoms with Gasteiger partial charge >= 0.3 is 0 Å². The molecule has 0 spiro atoms. The Hall–Kier alpha value is -2.63. The van der Waals surface area contributed by atoms with E-state index in [0.29, 0.717) is 6.20 Å². The maximum absolute atomic E-state index is 12.5. The Bertz CT molecular complexity index is 538. The van der Waals surface area contributed by atoms with Gasteiger partial charge in [-0.05, 0) is 0 Å². The van der Waals surface area contributed by atoms with E-state index in [1.165, 1.54) is 6.07 Å². The molecule has 0 aliphatic rings. The molecule has 0 radical (unpaired) electrons. The summed E-state index contributed by atoms with van der Waals surface area (Å²) in [4.78, 5) is 23.7. The number of rotatable bonds is 3. The van der Waals surface area contributed by atoms with E-state index in [-0.39, 0.29) is 0 Å². The molecule has 0 aliphatic carbocycles. The van der Waals surface area contributed by atoms with Crippen LogP contribution in [0.2, 0.25) is 0 Å². The van der Waals surface area contributed by atoms with Crippen molar-refractivity contribution < 1.29 is 18.5 Å². The third-order valence-electron chi connectivity index (χ3n) is 1.85. The van der Waals surface area contributed by atoms with Gasteiger partial charge in [-0.25, -0.2) is 13.8 Å². The molecule has 0 atom stereocenters. The lowest BCUT2D eigenvalue weighted by atomic mass is 10.1. The second kappa shape index (κ2) is 4.48. The number of nitrogens with two attached hydrogens (primary N) is 1. The van der Waals surface area contributed by atoms with Crippen LogP contribution in [0.5, 0.6) is 0 Å². The lowest BCUT2D eigenvalue weighted by Gasteiger charge is -2.05. The lowest BCUT2D eigenvalue weighted by molar-refractivity contribution is -0.386. The number of primary amides is 1. The van der Waals surface area contributed by atoms with Crippen LogP contribution < -0.4 is 5.73 Å². The molecule has 0 aliphatic heterocycles. The van der Waals surface area contributed by atoms with Crippen LogP contribution in [0.15, 0.2) is 6.20 Å². The number of hydrogen-bond acceptors (Lipinski definition) is 5. The third-order valence-corrected chi connectivity index (χ3v) is 1.85. The van der Waals surface area contributed by atoms with Gasteiger partial charge in [0.1, 0.15) is 11.6 Å². The number of nitro groups is 1. The maximum atomic E-state index is 12.5. The Kier molecular flexibility index (Phi) is 3.28. The summed E-state index contributed by atoms with van der Waals surface area (Å²) >= 11 is 0. The first-order valence-electron chi connectivity index (χ1n) is 4.05. The van der Waals surface area contributed by atoms with Crippen molar-refractivity contribution in [1.82, 2.24) is 4.98 Å². The van der Waals surface area contributed by atoms with Crippen LogP contribution in [0.25, 0.3) is 0 Å². The number of halogens is 2. The summed E-state index contributed by atoms with van der Waals surface area (Å²) < 4.78 is 25.0. The molecule has 2 N–H and O–H groups in total. The van der Waals surface area contributed by atoms with Gasteiger partial charge in [-0.3, -0.25) is 14.9 Å². The number of pyridine rings is 1. The SMILES string of the molecule is N#Cc1ncc(C(F)F)c([N+](=O)[O-])c1C(N)=O. The van der Waals surface area contributed by atoms with Crippen molar-refractivity contribution in [3.63, 3.8) is 0 Å². The van der Waals surface area contributed by atoms with Crippen LogP contribution >= 0.6 is 0 Å². The normalized spacial score (nSPS) is 10.0. The topological polar surface area (TPSA) is 123 Å². The fraction of sp³-hybridized carbons (Fsp3) is 0.125. The fourth-order valence-electron chi connectivity index (χ4n) is 1.19. The second-order valence-corrected chi connectivity index (χ2v) is 2.82. The average Bonchev–Trinajstić information content (AvgIpc) is 2.26. The summed E-state index contributed by atoms with van der Waals surface area (Å²) in [6, 6.07) is 1.38. The molecule has 0 bridgehead atoms. The van der Waals surface area contributed by atoms with Gasteiger partial charge in [0.25, 0.3) is 18.0 Å². The van der Waals surface area contributed by atoms with Gasteiger partial charge in [0, 0.05) is 6.20 Å². The number of carbonyl (C=O) groups is 1. The monoisotopic (exact) mass is 242 g/mol. The van der Waals surface area contributed by atoms with Crippen molar-refractivity contribution in [2.24, 2.45) is 5.73 Å². The molecule has 9 heteroatoms. The van der Waals surface area contributed by atoms with Crippen LogP contribution in [0.3, 0.4) is 0 Å². The van der Waals surface area contributed by atoms with E-state index in [2.05, 4.69) is 4.98 Å². The summed E-state index contributed by atoms with van der Waals surface area (Å²) in [7, 11) is 0. The van der Waals surface area contributed by atoms with Crippen molar-refractivity contribution in [3.8, 4) is 6.07 Å². The molecule has 0 fully saturated rings. The minimum atomic E-state index is -3.20.